The monoisotopic (exact) mass is 310 g/mol. The number of esters is 1. The van der Waals surface area contributed by atoms with Crippen molar-refractivity contribution in [2.45, 2.75) is 13.0 Å². The van der Waals surface area contributed by atoms with Gasteiger partial charge in [0.25, 0.3) is 0 Å². The predicted molar refractivity (Wildman–Crippen MR) is 88.9 cm³/mol. The predicted octanol–water partition coefficient (Wildman–Crippen LogP) is 4.78. The van der Waals surface area contributed by atoms with Crippen LogP contribution >= 0.6 is 11.6 Å². The lowest BCUT2D eigenvalue weighted by molar-refractivity contribution is -0.144. The minimum atomic E-state index is -0.254. The number of carbonyl (C=O) groups excluding carboxylic acids is 1. The molecular weight excluding hydrogens is 296 g/mol. The zero-order chi connectivity index (χ0) is 15.4. The fourth-order valence-electron chi connectivity index (χ4n) is 2.34. The normalized spacial score (nSPS) is 10.6. The average Bonchev–Trinajstić information content (AvgIpc) is 2.54. The minimum Gasteiger partial charge on any atom is -0.461 e. The third kappa shape index (κ3) is 3.46. The van der Waals surface area contributed by atoms with Gasteiger partial charge in [-0.25, -0.2) is 0 Å². The molecule has 0 saturated carbocycles. The molecule has 3 rings (SSSR count). The number of hydrogen-bond acceptors (Lipinski definition) is 2. The molecule has 0 heterocycles. The molecule has 0 unspecified atom stereocenters. The maximum Gasteiger partial charge on any atom is 0.310 e. The first-order valence-corrected chi connectivity index (χ1v) is 7.47. The summed E-state index contributed by atoms with van der Waals surface area (Å²) in [6.07, 6.45) is 0.259. The van der Waals surface area contributed by atoms with Gasteiger partial charge in [-0.2, -0.15) is 0 Å². The van der Waals surface area contributed by atoms with Gasteiger partial charge in [0.2, 0.25) is 0 Å². The molecule has 0 radical (unpaired) electrons. The lowest BCUT2D eigenvalue weighted by Gasteiger charge is -2.07. The van der Waals surface area contributed by atoms with Crippen LogP contribution in [0.3, 0.4) is 0 Å². The van der Waals surface area contributed by atoms with Gasteiger partial charge < -0.3 is 4.74 Å². The highest BCUT2D eigenvalue weighted by Gasteiger charge is 2.07. The Balaban J connectivity index is 1.64. The van der Waals surface area contributed by atoms with E-state index >= 15 is 0 Å². The van der Waals surface area contributed by atoms with Gasteiger partial charge in [-0.05, 0) is 22.4 Å². The van der Waals surface area contributed by atoms with Crippen molar-refractivity contribution in [3.63, 3.8) is 0 Å². The fraction of sp³-hybridized carbons (Fsp3) is 0.105. The van der Waals surface area contributed by atoms with Crippen LogP contribution in [0.15, 0.2) is 66.7 Å². The highest BCUT2D eigenvalue weighted by Crippen LogP contribution is 2.18. The van der Waals surface area contributed by atoms with Crippen LogP contribution in [0.25, 0.3) is 10.8 Å². The van der Waals surface area contributed by atoms with E-state index in [1.54, 1.807) is 6.07 Å². The summed E-state index contributed by atoms with van der Waals surface area (Å²) in [7, 11) is 0. The Bertz CT molecular complexity index is 811. The number of fused-ring (bicyclic) bond motifs is 1. The fourth-order valence-corrected chi connectivity index (χ4v) is 2.53. The van der Waals surface area contributed by atoms with E-state index in [2.05, 4.69) is 6.07 Å². The maximum atomic E-state index is 12.0. The van der Waals surface area contributed by atoms with E-state index in [1.807, 2.05) is 54.6 Å². The number of ether oxygens (including phenoxy) is 1. The maximum absolute atomic E-state index is 12.0. The number of hydrogen-bond donors (Lipinski definition) is 0. The SMILES string of the molecule is O=C(Cc1ccc2ccccc2c1)OCc1ccccc1Cl. The van der Waals surface area contributed by atoms with Crippen molar-refractivity contribution < 1.29 is 9.53 Å². The molecule has 22 heavy (non-hydrogen) atoms. The molecule has 0 amide bonds. The second-order valence-corrected chi connectivity index (χ2v) is 5.52. The zero-order valence-electron chi connectivity index (χ0n) is 12.0. The van der Waals surface area contributed by atoms with Crippen LogP contribution in [0.1, 0.15) is 11.1 Å². The molecule has 0 aliphatic heterocycles. The highest BCUT2D eigenvalue weighted by atomic mass is 35.5. The largest absolute Gasteiger partial charge is 0.461 e. The van der Waals surface area contributed by atoms with E-state index in [0.29, 0.717) is 5.02 Å². The Labute approximate surface area is 134 Å². The lowest BCUT2D eigenvalue weighted by Crippen LogP contribution is -2.08. The molecule has 3 aromatic carbocycles. The molecule has 0 saturated heterocycles. The summed E-state index contributed by atoms with van der Waals surface area (Å²) in [6, 6.07) is 21.4. The van der Waals surface area contributed by atoms with Gasteiger partial charge in [0.05, 0.1) is 6.42 Å². The van der Waals surface area contributed by atoms with Crippen LogP contribution in [0.2, 0.25) is 5.02 Å². The Morgan fingerprint density at radius 3 is 2.45 bits per heavy atom. The molecule has 3 heteroatoms. The number of rotatable bonds is 4. The van der Waals surface area contributed by atoms with Crippen LogP contribution in [0.4, 0.5) is 0 Å². The molecule has 0 N–H and O–H groups in total. The molecule has 0 aliphatic carbocycles. The van der Waals surface area contributed by atoms with Gasteiger partial charge in [-0.3, -0.25) is 4.79 Å². The summed E-state index contributed by atoms with van der Waals surface area (Å²) >= 11 is 6.04. The third-order valence-electron chi connectivity index (χ3n) is 3.51. The number of benzene rings is 3. The van der Waals surface area contributed by atoms with Crippen molar-refractivity contribution >= 4 is 28.3 Å². The Morgan fingerprint density at radius 2 is 1.64 bits per heavy atom. The van der Waals surface area contributed by atoms with E-state index in [-0.39, 0.29) is 19.0 Å². The van der Waals surface area contributed by atoms with Crippen molar-refractivity contribution in [3.8, 4) is 0 Å². The van der Waals surface area contributed by atoms with Crippen LogP contribution in [0.5, 0.6) is 0 Å². The Morgan fingerprint density at radius 1 is 0.909 bits per heavy atom. The van der Waals surface area contributed by atoms with Gasteiger partial charge in [-0.15, -0.1) is 0 Å². The topological polar surface area (TPSA) is 26.3 Å². The van der Waals surface area contributed by atoms with Gasteiger partial charge in [0.1, 0.15) is 6.61 Å². The summed E-state index contributed by atoms with van der Waals surface area (Å²) in [5.41, 5.74) is 1.76. The second kappa shape index (κ2) is 6.63. The molecule has 110 valence electrons. The van der Waals surface area contributed by atoms with Crippen molar-refractivity contribution in [1.29, 1.82) is 0 Å². The molecule has 0 aromatic heterocycles. The van der Waals surface area contributed by atoms with Crippen LogP contribution in [-0.4, -0.2) is 5.97 Å². The summed E-state index contributed by atoms with van der Waals surface area (Å²) in [4.78, 5) is 12.0. The number of halogens is 1. The van der Waals surface area contributed by atoms with Crippen molar-refractivity contribution in [2.24, 2.45) is 0 Å². The first kappa shape index (κ1) is 14.6. The van der Waals surface area contributed by atoms with Crippen molar-refractivity contribution in [1.82, 2.24) is 0 Å². The van der Waals surface area contributed by atoms with E-state index in [0.717, 1.165) is 21.9 Å². The second-order valence-electron chi connectivity index (χ2n) is 5.11. The van der Waals surface area contributed by atoms with Crippen molar-refractivity contribution in [3.05, 3.63) is 82.9 Å². The molecule has 0 bridgehead atoms. The first-order valence-electron chi connectivity index (χ1n) is 7.09. The van der Waals surface area contributed by atoms with Gasteiger partial charge in [0.15, 0.2) is 0 Å². The standard InChI is InChI=1S/C19H15ClO2/c20-18-8-4-3-7-17(18)13-22-19(21)12-14-9-10-15-5-1-2-6-16(15)11-14/h1-11H,12-13H2. The first-order chi connectivity index (χ1) is 10.7. The van der Waals surface area contributed by atoms with E-state index in [9.17, 15) is 4.79 Å². The van der Waals surface area contributed by atoms with E-state index in [4.69, 9.17) is 16.3 Å². The smallest absolute Gasteiger partial charge is 0.310 e. The molecule has 0 atom stereocenters. The summed E-state index contributed by atoms with van der Waals surface area (Å²) in [5, 5.41) is 2.90. The van der Waals surface area contributed by atoms with E-state index < -0.39 is 0 Å². The average molecular weight is 311 g/mol. The molecular formula is C19H15ClO2. The number of carbonyl (C=O) groups is 1. The van der Waals surface area contributed by atoms with Crippen LogP contribution in [-0.2, 0) is 22.6 Å². The molecule has 2 nitrogen and oxygen atoms in total. The van der Waals surface area contributed by atoms with Crippen molar-refractivity contribution in [2.75, 3.05) is 0 Å². The minimum absolute atomic E-state index is 0.200. The summed E-state index contributed by atoms with van der Waals surface area (Å²) in [5.74, 6) is -0.254. The summed E-state index contributed by atoms with van der Waals surface area (Å²) in [6.45, 7) is 0.200. The van der Waals surface area contributed by atoms with Gasteiger partial charge >= 0.3 is 5.97 Å². The molecule has 0 fully saturated rings. The van der Waals surface area contributed by atoms with Gasteiger partial charge in [-0.1, -0.05) is 72.3 Å². The Hall–Kier alpha value is -2.32. The molecule has 0 aliphatic rings. The zero-order valence-corrected chi connectivity index (χ0v) is 12.7. The third-order valence-corrected chi connectivity index (χ3v) is 3.88. The van der Waals surface area contributed by atoms with Crippen LogP contribution in [0, 0.1) is 0 Å². The summed E-state index contributed by atoms with van der Waals surface area (Å²) < 4.78 is 5.30. The van der Waals surface area contributed by atoms with Gasteiger partial charge in [0, 0.05) is 10.6 Å². The quantitative estimate of drug-likeness (QED) is 0.648. The van der Waals surface area contributed by atoms with E-state index in [1.165, 1.54) is 0 Å². The van der Waals surface area contributed by atoms with Crippen LogP contribution < -0.4 is 0 Å². The Kier molecular flexibility index (Phi) is 4.40. The lowest BCUT2D eigenvalue weighted by atomic mass is 10.1. The molecule has 3 aromatic rings. The molecule has 0 spiro atoms. The highest BCUT2D eigenvalue weighted by molar-refractivity contribution is 6.31.